The van der Waals surface area contributed by atoms with E-state index < -0.39 is 15.8 Å². The van der Waals surface area contributed by atoms with Gasteiger partial charge in [0.1, 0.15) is 5.75 Å². The molecule has 0 amide bonds. The summed E-state index contributed by atoms with van der Waals surface area (Å²) in [4.78, 5) is 11.5. The Hall–Kier alpha value is -2.05. The summed E-state index contributed by atoms with van der Waals surface area (Å²) in [5, 5.41) is 0.323. The van der Waals surface area contributed by atoms with Gasteiger partial charge in [0.15, 0.2) is 0 Å². The first kappa shape index (κ1) is 17.3. The smallest absolute Gasteiger partial charge is 0.309 e. The molecule has 2 rings (SSSR count). The van der Waals surface area contributed by atoms with Crippen molar-refractivity contribution in [2.24, 2.45) is 0 Å². The third-order valence-corrected chi connectivity index (χ3v) is 5.13. The zero-order valence-electron chi connectivity index (χ0n) is 12.6. The van der Waals surface area contributed by atoms with Crippen LogP contribution in [0, 0.1) is 0 Å². The van der Waals surface area contributed by atoms with Gasteiger partial charge in [0, 0.05) is 5.02 Å². The minimum absolute atomic E-state index is 0.0259. The molecule has 0 aliphatic carbocycles. The Balaban J connectivity index is 2.53. The monoisotopic (exact) mass is 354 g/mol. The van der Waals surface area contributed by atoms with E-state index in [1.807, 2.05) is 0 Å². The van der Waals surface area contributed by atoms with E-state index >= 15 is 0 Å². The molecule has 0 fully saturated rings. The number of rotatable bonds is 5. The van der Waals surface area contributed by atoms with Crippen LogP contribution < -0.4 is 4.74 Å². The van der Waals surface area contributed by atoms with E-state index in [1.165, 1.54) is 38.5 Å². The van der Waals surface area contributed by atoms with Crippen molar-refractivity contribution in [3.8, 4) is 5.75 Å². The third-order valence-electron chi connectivity index (χ3n) is 3.17. The second-order valence-corrected chi connectivity index (χ2v) is 7.12. The van der Waals surface area contributed by atoms with Crippen LogP contribution in [0.5, 0.6) is 5.75 Å². The van der Waals surface area contributed by atoms with Crippen molar-refractivity contribution in [3.05, 3.63) is 53.1 Å². The number of esters is 1. The molecule has 0 spiro atoms. The highest BCUT2D eigenvalue weighted by Crippen LogP contribution is 2.27. The van der Waals surface area contributed by atoms with Gasteiger partial charge in [0.2, 0.25) is 9.84 Å². The molecule has 0 aliphatic rings. The van der Waals surface area contributed by atoms with Gasteiger partial charge in [-0.15, -0.1) is 0 Å². The summed E-state index contributed by atoms with van der Waals surface area (Å²) in [5.41, 5.74) is 0.483. The first-order valence-electron chi connectivity index (χ1n) is 6.62. The second-order valence-electron chi connectivity index (χ2n) is 4.73. The molecule has 0 heterocycles. The third kappa shape index (κ3) is 4.03. The van der Waals surface area contributed by atoms with E-state index in [-0.39, 0.29) is 16.2 Å². The van der Waals surface area contributed by atoms with Crippen LogP contribution in [0.4, 0.5) is 0 Å². The van der Waals surface area contributed by atoms with Crippen molar-refractivity contribution in [2.75, 3.05) is 14.2 Å². The summed E-state index contributed by atoms with van der Waals surface area (Å²) < 4.78 is 35.2. The standard InChI is InChI=1S/C16H15ClO5S/c1-21-13-6-11(8-16(18)22-2)7-15(10-13)23(19,20)14-5-3-4-12(17)9-14/h3-7,9-10H,8H2,1-2H3. The number of benzene rings is 2. The average molecular weight is 355 g/mol. The van der Waals surface area contributed by atoms with Crippen molar-refractivity contribution in [2.45, 2.75) is 16.2 Å². The molecule has 23 heavy (non-hydrogen) atoms. The molecule has 0 bridgehead atoms. The molecular formula is C16H15ClO5S. The van der Waals surface area contributed by atoms with Gasteiger partial charge in [-0.3, -0.25) is 4.79 Å². The SMILES string of the molecule is COC(=O)Cc1cc(OC)cc(S(=O)(=O)c2cccc(Cl)c2)c1. The molecule has 0 aromatic heterocycles. The summed E-state index contributed by atoms with van der Waals surface area (Å²) in [6, 6.07) is 10.4. The van der Waals surface area contributed by atoms with Gasteiger partial charge in [-0.1, -0.05) is 17.7 Å². The number of carbonyl (C=O) groups excluding carboxylic acids is 1. The average Bonchev–Trinajstić information content (AvgIpc) is 2.54. The quantitative estimate of drug-likeness (QED) is 0.772. The molecule has 0 radical (unpaired) electrons. The molecule has 2 aromatic rings. The highest BCUT2D eigenvalue weighted by Gasteiger charge is 2.20. The Kier molecular flexibility index (Phi) is 5.28. The van der Waals surface area contributed by atoms with Crippen molar-refractivity contribution in [1.29, 1.82) is 0 Å². The molecule has 2 aromatic carbocycles. The minimum Gasteiger partial charge on any atom is -0.497 e. The highest BCUT2D eigenvalue weighted by molar-refractivity contribution is 7.91. The van der Waals surface area contributed by atoms with Crippen molar-refractivity contribution >= 4 is 27.4 Å². The molecule has 5 nitrogen and oxygen atoms in total. The lowest BCUT2D eigenvalue weighted by molar-refractivity contribution is -0.139. The number of ether oxygens (including phenoxy) is 2. The van der Waals surface area contributed by atoms with Gasteiger partial charge >= 0.3 is 5.97 Å². The van der Waals surface area contributed by atoms with Crippen molar-refractivity contribution in [3.63, 3.8) is 0 Å². The van der Waals surface area contributed by atoms with E-state index in [0.29, 0.717) is 16.3 Å². The van der Waals surface area contributed by atoms with Crippen molar-refractivity contribution in [1.82, 2.24) is 0 Å². The van der Waals surface area contributed by atoms with E-state index in [0.717, 1.165) is 0 Å². The van der Waals surface area contributed by atoms with Gasteiger partial charge in [0.25, 0.3) is 0 Å². The van der Waals surface area contributed by atoms with Crippen LogP contribution in [0.25, 0.3) is 0 Å². The van der Waals surface area contributed by atoms with E-state index in [1.54, 1.807) is 18.2 Å². The van der Waals surface area contributed by atoms with E-state index in [9.17, 15) is 13.2 Å². The topological polar surface area (TPSA) is 69.7 Å². The minimum atomic E-state index is -3.78. The van der Waals surface area contributed by atoms with E-state index in [4.69, 9.17) is 16.3 Å². The van der Waals surface area contributed by atoms with Crippen LogP contribution in [-0.2, 0) is 25.8 Å². The summed E-state index contributed by atoms with van der Waals surface area (Å²) in [5.74, 6) is -0.128. The lowest BCUT2D eigenvalue weighted by atomic mass is 10.1. The Morgan fingerprint density at radius 3 is 2.43 bits per heavy atom. The number of carbonyl (C=O) groups is 1. The maximum Gasteiger partial charge on any atom is 0.309 e. The lowest BCUT2D eigenvalue weighted by Gasteiger charge is -2.10. The number of hydrogen-bond donors (Lipinski definition) is 0. The molecular weight excluding hydrogens is 340 g/mol. The predicted molar refractivity (Wildman–Crippen MR) is 85.6 cm³/mol. The first-order valence-corrected chi connectivity index (χ1v) is 8.48. The van der Waals surface area contributed by atoms with Gasteiger partial charge in [0.05, 0.1) is 30.4 Å². The lowest BCUT2D eigenvalue weighted by Crippen LogP contribution is -2.07. The summed E-state index contributed by atoms with van der Waals surface area (Å²) >= 11 is 5.87. The van der Waals surface area contributed by atoms with Crippen LogP contribution in [0.2, 0.25) is 5.02 Å². The fraction of sp³-hybridized carbons (Fsp3) is 0.188. The number of sulfone groups is 1. The normalized spacial score (nSPS) is 11.1. The summed E-state index contributed by atoms with van der Waals surface area (Å²) in [6.45, 7) is 0. The summed E-state index contributed by atoms with van der Waals surface area (Å²) in [6.07, 6.45) is -0.0498. The van der Waals surface area contributed by atoms with Crippen LogP contribution in [-0.4, -0.2) is 28.6 Å². The van der Waals surface area contributed by atoms with Crippen LogP contribution in [0.3, 0.4) is 0 Å². The van der Waals surface area contributed by atoms with Crippen molar-refractivity contribution < 1.29 is 22.7 Å². The molecule has 0 saturated heterocycles. The fourth-order valence-electron chi connectivity index (χ4n) is 2.01. The zero-order chi connectivity index (χ0) is 17.0. The number of hydrogen-bond acceptors (Lipinski definition) is 5. The maximum atomic E-state index is 12.7. The second kappa shape index (κ2) is 7.02. The number of methoxy groups -OCH3 is 2. The zero-order valence-corrected chi connectivity index (χ0v) is 14.1. The number of halogens is 1. The van der Waals surface area contributed by atoms with Gasteiger partial charge < -0.3 is 9.47 Å². The predicted octanol–water partition coefficient (Wildman–Crippen LogP) is 2.90. The fourth-order valence-corrected chi connectivity index (χ4v) is 3.66. The summed E-state index contributed by atoms with van der Waals surface area (Å²) in [7, 11) is -1.08. The van der Waals surface area contributed by atoms with Gasteiger partial charge in [-0.05, 0) is 42.0 Å². The van der Waals surface area contributed by atoms with Gasteiger partial charge in [-0.2, -0.15) is 0 Å². The maximum absolute atomic E-state index is 12.7. The first-order chi connectivity index (χ1) is 10.9. The molecule has 0 aliphatic heterocycles. The van der Waals surface area contributed by atoms with Crippen LogP contribution in [0.1, 0.15) is 5.56 Å². The highest BCUT2D eigenvalue weighted by atomic mass is 35.5. The van der Waals surface area contributed by atoms with Gasteiger partial charge in [-0.25, -0.2) is 8.42 Å². The van der Waals surface area contributed by atoms with E-state index in [2.05, 4.69) is 4.74 Å². The molecule has 122 valence electrons. The Labute approximate surface area is 139 Å². The molecule has 0 atom stereocenters. The molecule has 0 N–H and O–H groups in total. The van der Waals surface area contributed by atoms with Crippen LogP contribution >= 0.6 is 11.6 Å². The molecule has 0 unspecified atom stereocenters. The largest absolute Gasteiger partial charge is 0.497 e. The Morgan fingerprint density at radius 1 is 1.09 bits per heavy atom. The Morgan fingerprint density at radius 2 is 1.83 bits per heavy atom. The molecule has 0 saturated carbocycles. The molecule has 7 heteroatoms. The Bertz CT molecular complexity index is 830. The van der Waals surface area contributed by atoms with Crippen LogP contribution in [0.15, 0.2) is 52.3 Å².